The summed E-state index contributed by atoms with van der Waals surface area (Å²) in [5.41, 5.74) is 5.51. The van der Waals surface area contributed by atoms with Gasteiger partial charge in [0.15, 0.2) is 11.3 Å². The molecule has 4 heterocycles. The van der Waals surface area contributed by atoms with E-state index in [2.05, 4.69) is 30.1 Å². The first-order chi connectivity index (χ1) is 16.1. The summed E-state index contributed by atoms with van der Waals surface area (Å²) in [6, 6.07) is 6.41. The summed E-state index contributed by atoms with van der Waals surface area (Å²) in [4.78, 5) is 31.8. The number of hydrogen-bond acceptors (Lipinski definition) is 8. The van der Waals surface area contributed by atoms with E-state index in [0.717, 1.165) is 6.07 Å². The topological polar surface area (TPSA) is 124 Å². The molecule has 0 aliphatic carbocycles. The molecule has 0 saturated heterocycles. The summed E-state index contributed by atoms with van der Waals surface area (Å²) in [6.45, 7) is 1.59. The van der Waals surface area contributed by atoms with E-state index < -0.39 is 23.8 Å². The van der Waals surface area contributed by atoms with E-state index in [-0.39, 0.29) is 17.8 Å². The number of carbonyl (C=O) groups is 1. The lowest BCUT2D eigenvalue weighted by Crippen LogP contribution is -2.34. The minimum Gasteiger partial charge on any atom is -0.383 e. The second-order valence-electron chi connectivity index (χ2n) is 7.25. The summed E-state index contributed by atoms with van der Waals surface area (Å²) < 4.78 is 39.3. The Bertz CT molecular complexity index is 1340. The fraction of sp³-hybridized carbons (Fsp3) is 0.190. The van der Waals surface area contributed by atoms with E-state index in [1.54, 1.807) is 25.1 Å². The minimum absolute atomic E-state index is 0.126. The third kappa shape index (κ3) is 5.03. The Morgan fingerprint density at radius 2 is 1.88 bits per heavy atom. The number of alkyl halides is 3. The van der Waals surface area contributed by atoms with E-state index in [0.29, 0.717) is 26.2 Å². The highest BCUT2D eigenvalue weighted by Gasteiger charge is 2.33. The van der Waals surface area contributed by atoms with Gasteiger partial charge in [-0.3, -0.25) is 4.79 Å². The van der Waals surface area contributed by atoms with Gasteiger partial charge in [-0.15, -0.1) is 5.10 Å². The molecule has 4 rings (SSSR count). The first-order valence-corrected chi connectivity index (χ1v) is 10.9. The van der Waals surface area contributed by atoms with Crippen LogP contribution < -0.4 is 5.73 Å². The number of nitrogen functional groups attached to an aromatic ring is 1. The number of rotatable bonds is 5. The first kappa shape index (κ1) is 23.7. The molecular weight excluding hydrogens is 564 g/mol. The van der Waals surface area contributed by atoms with Gasteiger partial charge in [-0.1, -0.05) is 0 Å². The Balaban J connectivity index is 1.70. The Labute approximate surface area is 204 Å². The van der Waals surface area contributed by atoms with E-state index in [1.807, 2.05) is 22.6 Å². The Kier molecular flexibility index (Phi) is 6.54. The quantitative estimate of drug-likeness (QED) is 0.354. The molecule has 4 aromatic rings. The van der Waals surface area contributed by atoms with Gasteiger partial charge in [0.2, 0.25) is 0 Å². The molecule has 4 aromatic heterocycles. The van der Waals surface area contributed by atoms with Crippen LogP contribution in [0.1, 0.15) is 40.5 Å². The largest absolute Gasteiger partial charge is 0.435 e. The number of amides is 1. The summed E-state index contributed by atoms with van der Waals surface area (Å²) in [7, 11) is 0. The van der Waals surface area contributed by atoms with E-state index in [9.17, 15) is 18.0 Å². The number of fused-ring (bicyclic) bond motifs is 1. The highest BCUT2D eigenvalue weighted by molar-refractivity contribution is 14.1. The Morgan fingerprint density at radius 1 is 1.15 bits per heavy atom. The molecule has 0 radical (unpaired) electrons. The molecule has 0 unspecified atom stereocenters. The van der Waals surface area contributed by atoms with Gasteiger partial charge in [0.05, 0.1) is 27.4 Å². The molecule has 0 spiro atoms. The van der Waals surface area contributed by atoms with Crippen molar-refractivity contribution in [1.82, 2.24) is 35.0 Å². The zero-order valence-electron chi connectivity index (χ0n) is 17.5. The SMILES string of the molecule is C[C@H](c1ncccn1)N(Cc1ccc(C(F)(F)F)nn1)C(=O)c1cnc2nc(N)c(I)cc2c1. The van der Waals surface area contributed by atoms with Gasteiger partial charge in [-0.2, -0.15) is 18.3 Å². The van der Waals surface area contributed by atoms with Crippen LogP contribution in [0.25, 0.3) is 11.0 Å². The van der Waals surface area contributed by atoms with Crippen LogP contribution in [0.3, 0.4) is 0 Å². The van der Waals surface area contributed by atoms with Gasteiger partial charge in [0.25, 0.3) is 5.91 Å². The zero-order valence-corrected chi connectivity index (χ0v) is 19.7. The van der Waals surface area contributed by atoms with Crippen LogP contribution in [0.15, 0.2) is 48.9 Å². The molecule has 2 N–H and O–H groups in total. The summed E-state index contributed by atoms with van der Waals surface area (Å²) in [6.07, 6.45) is -0.171. The minimum atomic E-state index is -4.61. The zero-order chi connectivity index (χ0) is 24.5. The molecule has 9 nitrogen and oxygen atoms in total. The number of nitrogens with zero attached hydrogens (tertiary/aromatic N) is 7. The van der Waals surface area contributed by atoms with Gasteiger partial charge in [-0.25, -0.2) is 19.9 Å². The second kappa shape index (κ2) is 9.40. The average molecular weight is 580 g/mol. The van der Waals surface area contributed by atoms with Crippen LogP contribution in [0.4, 0.5) is 19.0 Å². The predicted octanol–water partition coefficient (Wildman–Crippen LogP) is 3.82. The number of aromatic nitrogens is 6. The first-order valence-electron chi connectivity index (χ1n) is 9.83. The van der Waals surface area contributed by atoms with Crippen LogP contribution in [0.5, 0.6) is 0 Å². The van der Waals surface area contributed by atoms with Crippen molar-refractivity contribution in [3.63, 3.8) is 0 Å². The number of nitrogens with two attached hydrogens (primary N) is 1. The van der Waals surface area contributed by atoms with Crippen molar-refractivity contribution < 1.29 is 18.0 Å². The molecule has 1 amide bonds. The number of carbonyl (C=O) groups excluding carboxylic acids is 1. The monoisotopic (exact) mass is 580 g/mol. The van der Waals surface area contributed by atoms with Crippen LogP contribution >= 0.6 is 22.6 Å². The average Bonchev–Trinajstić information content (AvgIpc) is 2.82. The van der Waals surface area contributed by atoms with Crippen molar-refractivity contribution in [2.75, 3.05) is 5.73 Å². The second-order valence-corrected chi connectivity index (χ2v) is 8.41. The number of pyridine rings is 2. The molecule has 0 fully saturated rings. The summed E-state index contributed by atoms with van der Waals surface area (Å²) >= 11 is 2.03. The van der Waals surface area contributed by atoms with E-state index in [1.165, 1.54) is 29.6 Å². The molecule has 0 bridgehead atoms. The van der Waals surface area contributed by atoms with Crippen molar-refractivity contribution in [2.24, 2.45) is 0 Å². The van der Waals surface area contributed by atoms with Crippen molar-refractivity contribution in [3.8, 4) is 0 Å². The third-order valence-electron chi connectivity index (χ3n) is 4.93. The van der Waals surface area contributed by atoms with Crippen LogP contribution in [0, 0.1) is 3.57 Å². The van der Waals surface area contributed by atoms with Gasteiger partial charge < -0.3 is 10.6 Å². The Morgan fingerprint density at radius 3 is 2.53 bits per heavy atom. The van der Waals surface area contributed by atoms with Crippen molar-refractivity contribution in [1.29, 1.82) is 0 Å². The summed E-state index contributed by atoms with van der Waals surface area (Å²) in [5.74, 6) is 0.244. The normalized spacial score (nSPS) is 12.5. The van der Waals surface area contributed by atoms with Crippen molar-refractivity contribution in [2.45, 2.75) is 25.7 Å². The fourth-order valence-corrected chi connectivity index (χ4v) is 3.61. The maximum atomic E-state index is 13.5. The molecular formula is C21H16F3IN8O. The molecule has 0 aromatic carbocycles. The lowest BCUT2D eigenvalue weighted by Gasteiger charge is -2.28. The van der Waals surface area contributed by atoms with Gasteiger partial charge in [0, 0.05) is 24.0 Å². The van der Waals surface area contributed by atoms with Crippen molar-refractivity contribution in [3.05, 3.63) is 75.3 Å². The van der Waals surface area contributed by atoms with E-state index >= 15 is 0 Å². The molecule has 0 aliphatic heterocycles. The highest BCUT2D eigenvalue weighted by Crippen LogP contribution is 2.28. The van der Waals surface area contributed by atoms with Gasteiger partial charge >= 0.3 is 6.18 Å². The van der Waals surface area contributed by atoms with Crippen LogP contribution in [-0.2, 0) is 12.7 Å². The van der Waals surface area contributed by atoms with Crippen LogP contribution in [0.2, 0.25) is 0 Å². The van der Waals surface area contributed by atoms with Gasteiger partial charge in [-0.05, 0) is 59.8 Å². The summed E-state index contributed by atoms with van der Waals surface area (Å²) in [5, 5.41) is 7.52. The molecule has 13 heteroatoms. The molecule has 174 valence electrons. The maximum absolute atomic E-state index is 13.5. The van der Waals surface area contributed by atoms with Crippen LogP contribution in [-0.4, -0.2) is 40.9 Å². The smallest absolute Gasteiger partial charge is 0.383 e. The number of hydrogen-bond donors (Lipinski definition) is 1. The lowest BCUT2D eigenvalue weighted by molar-refractivity contribution is -0.141. The Hall–Kier alpha value is -3.49. The maximum Gasteiger partial charge on any atom is 0.435 e. The molecule has 0 aliphatic rings. The number of anilines is 1. The predicted molar refractivity (Wildman–Crippen MR) is 124 cm³/mol. The molecule has 0 saturated carbocycles. The number of halogens is 4. The lowest BCUT2D eigenvalue weighted by atomic mass is 10.1. The standard InChI is InChI=1S/C21H16F3IN8O/c1-11(18-27-5-2-6-28-18)33(10-14-3-4-16(32-31-14)21(22,23)24)20(34)13-7-12-8-15(25)17(26)30-19(12)29-9-13/h2-9,11H,10H2,1H3,(H2,26,29,30)/t11-/m1/s1. The molecule has 34 heavy (non-hydrogen) atoms. The highest BCUT2D eigenvalue weighted by atomic mass is 127. The third-order valence-corrected chi connectivity index (χ3v) is 5.79. The van der Waals surface area contributed by atoms with E-state index in [4.69, 9.17) is 5.73 Å². The van der Waals surface area contributed by atoms with Gasteiger partial charge in [0.1, 0.15) is 11.6 Å². The molecule has 1 atom stereocenters. The fourth-order valence-electron chi connectivity index (χ4n) is 3.16. The van der Waals surface area contributed by atoms with Crippen molar-refractivity contribution >= 4 is 45.3 Å².